The maximum Gasteiger partial charge on any atom is 0.129 e. The van der Waals surface area contributed by atoms with E-state index in [1.807, 2.05) is 19.9 Å². The fraction of sp³-hybridized carbons (Fsp3) is 0.462. The van der Waals surface area contributed by atoms with Crippen LogP contribution in [0.4, 0.5) is 4.39 Å². The number of nitrogens with zero attached hydrogens (tertiary/aromatic N) is 1. The first-order valence-corrected chi connectivity index (χ1v) is 5.61. The third-order valence-electron chi connectivity index (χ3n) is 2.74. The highest BCUT2D eigenvalue weighted by Crippen LogP contribution is 2.11. The number of aliphatic hydroxyl groups excluding tert-OH is 1. The molecule has 0 aliphatic heterocycles. The van der Waals surface area contributed by atoms with Crippen LogP contribution in [-0.4, -0.2) is 17.8 Å². The first kappa shape index (κ1) is 13.6. The van der Waals surface area contributed by atoms with E-state index in [0.29, 0.717) is 17.7 Å². The molecule has 0 heterocycles. The molecule has 0 aromatic heterocycles. The molecule has 0 saturated carbocycles. The average Bonchev–Trinajstić information content (AvgIpc) is 2.31. The highest BCUT2D eigenvalue weighted by Gasteiger charge is 2.12. The van der Waals surface area contributed by atoms with E-state index in [1.165, 1.54) is 6.07 Å². The molecule has 92 valence electrons. The van der Waals surface area contributed by atoms with Crippen molar-refractivity contribution in [3.05, 3.63) is 35.1 Å². The van der Waals surface area contributed by atoms with Gasteiger partial charge in [-0.1, -0.05) is 19.9 Å². The lowest BCUT2D eigenvalue weighted by Crippen LogP contribution is -2.36. The van der Waals surface area contributed by atoms with Crippen LogP contribution in [0.3, 0.4) is 0 Å². The molecular formula is C13H17FN2O. The number of nitriles is 1. The van der Waals surface area contributed by atoms with Gasteiger partial charge in [-0.05, 0) is 18.1 Å². The van der Waals surface area contributed by atoms with Crippen molar-refractivity contribution in [1.29, 1.82) is 5.26 Å². The van der Waals surface area contributed by atoms with Crippen LogP contribution in [0.2, 0.25) is 0 Å². The Balaban J connectivity index is 2.67. The van der Waals surface area contributed by atoms with Crippen LogP contribution >= 0.6 is 0 Å². The van der Waals surface area contributed by atoms with Gasteiger partial charge in [-0.15, -0.1) is 0 Å². The van der Waals surface area contributed by atoms with Crippen molar-refractivity contribution in [2.75, 3.05) is 6.61 Å². The van der Waals surface area contributed by atoms with Gasteiger partial charge in [0, 0.05) is 18.2 Å². The van der Waals surface area contributed by atoms with Crippen molar-refractivity contribution in [2.45, 2.75) is 26.4 Å². The Morgan fingerprint density at radius 3 is 2.65 bits per heavy atom. The summed E-state index contributed by atoms with van der Waals surface area (Å²) in [5, 5.41) is 20.8. The molecular weight excluding hydrogens is 219 g/mol. The van der Waals surface area contributed by atoms with Gasteiger partial charge in [0.2, 0.25) is 0 Å². The molecule has 1 rings (SSSR count). The van der Waals surface area contributed by atoms with E-state index in [2.05, 4.69) is 5.32 Å². The second-order valence-corrected chi connectivity index (χ2v) is 4.33. The average molecular weight is 236 g/mol. The molecule has 0 saturated heterocycles. The molecule has 1 aromatic carbocycles. The standard InChI is InChI=1S/C13H17FN2O/c1-9(2)13(8-17)16-7-11-4-3-10(6-15)5-12(11)14/h3-5,9,13,16-17H,7-8H2,1-2H3. The molecule has 0 radical (unpaired) electrons. The predicted octanol–water partition coefficient (Wildman–Crippen LogP) is 1.80. The highest BCUT2D eigenvalue weighted by molar-refractivity contribution is 5.32. The second kappa shape index (κ2) is 6.33. The number of aliphatic hydroxyl groups is 1. The summed E-state index contributed by atoms with van der Waals surface area (Å²) >= 11 is 0. The smallest absolute Gasteiger partial charge is 0.129 e. The molecule has 0 amide bonds. The Hall–Kier alpha value is -1.44. The molecule has 0 aliphatic carbocycles. The zero-order chi connectivity index (χ0) is 12.8. The molecule has 0 aliphatic rings. The Morgan fingerprint density at radius 1 is 1.47 bits per heavy atom. The zero-order valence-electron chi connectivity index (χ0n) is 10.1. The number of nitrogens with one attached hydrogen (secondary N) is 1. The molecule has 2 N–H and O–H groups in total. The van der Waals surface area contributed by atoms with Gasteiger partial charge in [0.1, 0.15) is 5.82 Å². The number of hydrogen-bond acceptors (Lipinski definition) is 3. The van der Waals surface area contributed by atoms with Crippen molar-refractivity contribution in [1.82, 2.24) is 5.32 Å². The fourth-order valence-corrected chi connectivity index (χ4v) is 1.51. The molecule has 0 bridgehead atoms. The maximum absolute atomic E-state index is 13.5. The summed E-state index contributed by atoms with van der Waals surface area (Å²) in [5.74, 6) is -0.113. The summed E-state index contributed by atoms with van der Waals surface area (Å²) < 4.78 is 13.5. The summed E-state index contributed by atoms with van der Waals surface area (Å²) in [5.41, 5.74) is 0.817. The Labute approximate surface area is 101 Å². The molecule has 0 spiro atoms. The van der Waals surface area contributed by atoms with Crippen LogP contribution in [0.1, 0.15) is 25.0 Å². The van der Waals surface area contributed by atoms with Crippen molar-refractivity contribution in [3.8, 4) is 6.07 Å². The largest absolute Gasteiger partial charge is 0.395 e. The van der Waals surface area contributed by atoms with Gasteiger partial charge in [-0.3, -0.25) is 0 Å². The molecule has 4 heteroatoms. The Morgan fingerprint density at radius 2 is 2.18 bits per heavy atom. The molecule has 17 heavy (non-hydrogen) atoms. The number of benzene rings is 1. The van der Waals surface area contributed by atoms with E-state index in [0.717, 1.165) is 0 Å². The SMILES string of the molecule is CC(C)C(CO)NCc1ccc(C#N)cc1F. The summed E-state index contributed by atoms with van der Waals surface area (Å²) in [4.78, 5) is 0. The number of rotatable bonds is 5. The third kappa shape index (κ3) is 3.81. The summed E-state index contributed by atoms with van der Waals surface area (Å²) in [6, 6.07) is 6.24. The number of halogens is 1. The van der Waals surface area contributed by atoms with Crippen molar-refractivity contribution < 1.29 is 9.50 Å². The summed E-state index contributed by atoms with van der Waals surface area (Å²) in [7, 11) is 0. The molecule has 0 fully saturated rings. The van der Waals surface area contributed by atoms with E-state index < -0.39 is 5.82 Å². The van der Waals surface area contributed by atoms with Crippen molar-refractivity contribution in [2.24, 2.45) is 5.92 Å². The lowest BCUT2D eigenvalue weighted by atomic mass is 10.0. The highest BCUT2D eigenvalue weighted by atomic mass is 19.1. The Bertz CT molecular complexity index is 412. The number of hydrogen-bond donors (Lipinski definition) is 2. The summed E-state index contributed by atoms with van der Waals surface area (Å²) in [6.07, 6.45) is 0. The van der Waals surface area contributed by atoms with E-state index in [9.17, 15) is 4.39 Å². The van der Waals surface area contributed by atoms with Crippen molar-refractivity contribution in [3.63, 3.8) is 0 Å². The predicted molar refractivity (Wildman–Crippen MR) is 63.7 cm³/mol. The topological polar surface area (TPSA) is 56.0 Å². The summed E-state index contributed by atoms with van der Waals surface area (Å²) in [6.45, 7) is 4.35. The zero-order valence-corrected chi connectivity index (χ0v) is 10.1. The minimum Gasteiger partial charge on any atom is -0.395 e. The van der Waals surface area contributed by atoms with E-state index in [-0.39, 0.29) is 18.6 Å². The van der Waals surface area contributed by atoms with Gasteiger partial charge in [0.05, 0.1) is 18.2 Å². The normalized spacial score (nSPS) is 12.5. The lowest BCUT2D eigenvalue weighted by Gasteiger charge is -2.20. The molecule has 1 aromatic rings. The molecule has 1 atom stereocenters. The van der Waals surface area contributed by atoms with Crippen LogP contribution in [0.25, 0.3) is 0 Å². The minimum absolute atomic E-state index is 0.0234. The lowest BCUT2D eigenvalue weighted by molar-refractivity contribution is 0.209. The van der Waals surface area contributed by atoms with Gasteiger partial charge >= 0.3 is 0 Å². The minimum atomic E-state index is -0.392. The van der Waals surface area contributed by atoms with Gasteiger partial charge in [-0.2, -0.15) is 5.26 Å². The second-order valence-electron chi connectivity index (χ2n) is 4.33. The van der Waals surface area contributed by atoms with E-state index >= 15 is 0 Å². The maximum atomic E-state index is 13.5. The van der Waals surface area contributed by atoms with Gasteiger partial charge < -0.3 is 10.4 Å². The van der Waals surface area contributed by atoms with Crippen molar-refractivity contribution >= 4 is 0 Å². The monoisotopic (exact) mass is 236 g/mol. The molecule has 1 unspecified atom stereocenters. The van der Waals surface area contributed by atoms with Gasteiger partial charge in [0.15, 0.2) is 0 Å². The van der Waals surface area contributed by atoms with Crippen LogP contribution in [0.5, 0.6) is 0 Å². The van der Waals surface area contributed by atoms with Crippen LogP contribution in [0, 0.1) is 23.1 Å². The fourth-order valence-electron chi connectivity index (χ4n) is 1.51. The van der Waals surface area contributed by atoms with Crippen LogP contribution in [-0.2, 0) is 6.54 Å². The third-order valence-corrected chi connectivity index (χ3v) is 2.74. The first-order chi connectivity index (χ1) is 8.08. The van der Waals surface area contributed by atoms with Crippen LogP contribution < -0.4 is 5.32 Å². The Kier molecular flexibility index (Phi) is 5.08. The van der Waals surface area contributed by atoms with Gasteiger partial charge in [0.25, 0.3) is 0 Å². The first-order valence-electron chi connectivity index (χ1n) is 5.61. The van der Waals surface area contributed by atoms with Gasteiger partial charge in [-0.25, -0.2) is 4.39 Å². The van der Waals surface area contributed by atoms with Crippen LogP contribution in [0.15, 0.2) is 18.2 Å². The van der Waals surface area contributed by atoms with E-state index in [1.54, 1.807) is 12.1 Å². The molecule has 3 nitrogen and oxygen atoms in total. The quantitative estimate of drug-likeness (QED) is 0.819. The van der Waals surface area contributed by atoms with E-state index in [4.69, 9.17) is 10.4 Å².